The number of aliphatic carboxylic acids is 1. The molecule has 0 spiro atoms. The van der Waals surface area contributed by atoms with Crippen LogP contribution in [0, 0.1) is 13.8 Å². The molecule has 5 heteroatoms. The van der Waals surface area contributed by atoms with E-state index in [1.165, 1.54) is 0 Å². The summed E-state index contributed by atoms with van der Waals surface area (Å²) in [5, 5.41) is 16.7. The fourth-order valence-electron chi connectivity index (χ4n) is 2.70. The van der Waals surface area contributed by atoms with Crippen LogP contribution in [-0.4, -0.2) is 33.9 Å². The van der Waals surface area contributed by atoms with E-state index in [4.69, 9.17) is 5.11 Å². The second kappa shape index (κ2) is 5.52. The van der Waals surface area contributed by atoms with E-state index in [2.05, 4.69) is 22.0 Å². The fourth-order valence-corrected chi connectivity index (χ4v) is 2.70. The topological polar surface area (TPSA) is 67.2 Å². The molecule has 0 bridgehead atoms. The van der Waals surface area contributed by atoms with Gasteiger partial charge in [-0.25, -0.2) is 0 Å². The number of piperidine rings is 1. The van der Waals surface area contributed by atoms with Crippen LogP contribution >= 0.6 is 0 Å². The molecule has 1 aromatic heterocycles. The molecule has 0 aliphatic carbocycles. The van der Waals surface area contributed by atoms with Crippen molar-refractivity contribution < 1.29 is 9.90 Å². The van der Waals surface area contributed by atoms with Crippen molar-refractivity contribution in [3.8, 4) is 0 Å². The van der Waals surface area contributed by atoms with E-state index >= 15 is 0 Å². The highest BCUT2D eigenvalue weighted by Gasteiger charge is 2.20. The van der Waals surface area contributed by atoms with Gasteiger partial charge in [-0.3, -0.25) is 9.48 Å². The molecular weight excluding hydrogens is 230 g/mol. The quantitative estimate of drug-likeness (QED) is 0.849. The van der Waals surface area contributed by atoms with Gasteiger partial charge in [0.15, 0.2) is 0 Å². The van der Waals surface area contributed by atoms with E-state index in [1.54, 1.807) is 0 Å². The predicted molar refractivity (Wildman–Crippen MR) is 68.8 cm³/mol. The van der Waals surface area contributed by atoms with E-state index in [0.717, 1.165) is 42.9 Å². The summed E-state index contributed by atoms with van der Waals surface area (Å²) >= 11 is 0. The van der Waals surface area contributed by atoms with Crippen LogP contribution in [0.4, 0.5) is 0 Å². The van der Waals surface area contributed by atoms with Crippen molar-refractivity contribution >= 4 is 5.97 Å². The number of hydrogen-bond acceptors (Lipinski definition) is 3. The van der Waals surface area contributed by atoms with Crippen molar-refractivity contribution in [2.75, 3.05) is 13.1 Å². The Hall–Kier alpha value is -1.36. The molecule has 0 atom stereocenters. The highest BCUT2D eigenvalue weighted by Crippen LogP contribution is 2.24. The Morgan fingerprint density at radius 1 is 1.44 bits per heavy atom. The van der Waals surface area contributed by atoms with Crippen molar-refractivity contribution in [1.29, 1.82) is 0 Å². The first-order chi connectivity index (χ1) is 8.59. The van der Waals surface area contributed by atoms with Gasteiger partial charge in [0.25, 0.3) is 0 Å². The number of aryl methyl sites for hydroxylation is 1. The lowest BCUT2D eigenvalue weighted by atomic mass is 10.1. The molecule has 100 valence electrons. The minimum atomic E-state index is -0.747. The molecule has 2 rings (SSSR count). The zero-order chi connectivity index (χ0) is 13.1. The molecule has 1 aromatic rings. The second-order valence-corrected chi connectivity index (χ2v) is 4.97. The maximum atomic E-state index is 10.7. The van der Waals surface area contributed by atoms with E-state index in [1.807, 2.05) is 6.92 Å². The molecule has 5 nitrogen and oxygen atoms in total. The molecule has 0 unspecified atom stereocenters. The third kappa shape index (κ3) is 2.72. The molecule has 2 heterocycles. The summed E-state index contributed by atoms with van der Waals surface area (Å²) in [6.07, 6.45) is 2.96. The molecule has 0 saturated carbocycles. The average molecular weight is 251 g/mol. The summed E-state index contributed by atoms with van der Waals surface area (Å²) < 4.78 is 2.10. The minimum Gasteiger partial charge on any atom is -0.481 e. The zero-order valence-electron chi connectivity index (χ0n) is 11.1. The van der Waals surface area contributed by atoms with Crippen LogP contribution in [0.2, 0.25) is 0 Å². The van der Waals surface area contributed by atoms with Crippen LogP contribution in [0.5, 0.6) is 0 Å². The Morgan fingerprint density at radius 3 is 2.72 bits per heavy atom. The number of carbonyl (C=O) groups is 1. The maximum absolute atomic E-state index is 10.7. The molecule has 0 amide bonds. The third-order valence-corrected chi connectivity index (χ3v) is 3.72. The molecule has 18 heavy (non-hydrogen) atoms. The summed E-state index contributed by atoms with van der Waals surface area (Å²) in [4.78, 5) is 10.7. The van der Waals surface area contributed by atoms with E-state index in [0.29, 0.717) is 12.5 Å². The van der Waals surface area contributed by atoms with Gasteiger partial charge in [-0.05, 0) is 51.8 Å². The van der Waals surface area contributed by atoms with Crippen molar-refractivity contribution in [2.24, 2.45) is 0 Å². The SMILES string of the molecule is Cc1nn(C2CCNCC2)c(C)c1CCC(=O)O. The number of nitrogens with zero attached hydrogens (tertiary/aromatic N) is 2. The first kappa shape index (κ1) is 13.1. The van der Waals surface area contributed by atoms with E-state index in [9.17, 15) is 4.79 Å². The molecule has 0 radical (unpaired) electrons. The van der Waals surface area contributed by atoms with E-state index < -0.39 is 5.97 Å². The Balaban J connectivity index is 2.16. The Bertz CT molecular complexity index is 434. The summed E-state index contributed by atoms with van der Waals surface area (Å²) in [5.74, 6) is -0.747. The monoisotopic (exact) mass is 251 g/mol. The van der Waals surface area contributed by atoms with Gasteiger partial charge in [0, 0.05) is 12.1 Å². The lowest BCUT2D eigenvalue weighted by Crippen LogP contribution is -2.30. The first-order valence-electron chi connectivity index (χ1n) is 6.56. The van der Waals surface area contributed by atoms with Crippen LogP contribution in [0.15, 0.2) is 0 Å². The summed E-state index contributed by atoms with van der Waals surface area (Å²) in [5.41, 5.74) is 3.23. The molecule has 0 aromatic carbocycles. The average Bonchev–Trinajstić information content (AvgIpc) is 2.63. The van der Waals surface area contributed by atoms with Crippen LogP contribution in [-0.2, 0) is 11.2 Å². The van der Waals surface area contributed by atoms with Gasteiger partial charge in [0.05, 0.1) is 11.7 Å². The van der Waals surface area contributed by atoms with Crippen LogP contribution in [0.1, 0.15) is 42.3 Å². The van der Waals surface area contributed by atoms with Crippen molar-refractivity contribution in [3.63, 3.8) is 0 Å². The molecule has 2 N–H and O–H groups in total. The lowest BCUT2D eigenvalue weighted by Gasteiger charge is -2.24. The number of aromatic nitrogens is 2. The summed E-state index contributed by atoms with van der Waals surface area (Å²) in [6, 6.07) is 0.462. The van der Waals surface area contributed by atoms with Crippen molar-refractivity contribution in [3.05, 3.63) is 17.0 Å². The molecule has 1 aliphatic heterocycles. The number of hydrogen-bond donors (Lipinski definition) is 2. The van der Waals surface area contributed by atoms with Gasteiger partial charge in [-0.15, -0.1) is 0 Å². The van der Waals surface area contributed by atoms with Gasteiger partial charge in [-0.2, -0.15) is 5.10 Å². The first-order valence-corrected chi connectivity index (χ1v) is 6.56. The van der Waals surface area contributed by atoms with Gasteiger partial charge in [0.1, 0.15) is 0 Å². The lowest BCUT2D eigenvalue weighted by molar-refractivity contribution is -0.136. The number of nitrogens with one attached hydrogen (secondary N) is 1. The minimum absolute atomic E-state index is 0.180. The molecule has 1 fully saturated rings. The molecular formula is C13H21N3O2. The Labute approximate surface area is 107 Å². The summed E-state index contributed by atoms with van der Waals surface area (Å²) in [7, 11) is 0. The van der Waals surface area contributed by atoms with Gasteiger partial charge < -0.3 is 10.4 Å². The smallest absolute Gasteiger partial charge is 0.303 e. The third-order valence-electron chi connectivity index (χ3n) is 3.72. The van der Waals surface area contributed by atoms with Gasteiger partial charge in [0.2, 0.25) is 0 Å². The normalized spacial score (nSPS) is 17.0. The molecule has 1 saturated heterocycles. The number of carboxylic acid groups (broad SMARTS) is 1. The van der Waals surface area contributed by atoms with Crippen LogP contribution in [0.25, 0.3) is 0 Å². The number of carboxylic acids is 1. The Morgan fingerprint density at radius 2 is 2.11 bits per heavy atom. The number of rotatable bonds is 4. The Kier molecular flexibility index (Phi) is 4.01. The van der Waals surface area contributed by atoms with Crippen LogP contribution in [0.3, 0.4) is 0 Å². The van der Waals surface area contributed by atoms with Crippen molar-refractivity contribution in [1.82, 2.24) is 15.1 Å². The van der Waals surface area contributed by atoms with Gasteiger partial charge >= 0.3 is 5.97 Å². The maximum Gasteiger partial charge on any atom is 0.303 e. The summed E-state index contributed by atoms with van der Waals surface area (Å²) in [6.45, 7) is 6.10. The largest absolute Gasteiger partial charge is 0.481 e. The fraction of sp³-hybridized carbons (Fsp3) is 0.692. The highest BCUT2D eigenvalue weighted by molar-refractivity contribution is 5.67. The van der Waals surface area contributed by atoms with Crippen LogP contribution < -0.4 is 5.32 Å². The second-order valence-electron chi connectivity index (χ2n) is 4.97. The standard InChI is InChI=1S/C13H21N3O2/c1-9-12(3-4-13(17)18)10(2)16(15-9)11-5-7-14-8-6-11/h11,14H,3-8H2,1-2H3,(H,17,18). The van der Waals surface area contributed by atoms with Gasteiger partial charge in [-0.1, -0.05) is 0 Å². The predicted octanol–water partition coefficient (Wildman–Crippen LogP) is 1.44. The highest BCUT2D eigenvalue weighted by atomic mass is 16.4. The van der Waals surface area contributed by atoms with E-state index in [-0.39, 0.29) is 6.42 Å². The zero-order valence-corrected chi connectivity index (χ0v) is 11.1. The molecule has 1 aliphatic rings. The van der Waals surface area contributed by atoms with Crippen molar-refractivity contribution in [2.45, 2.75) is 45.6 Å².